The van der Waals surface area contributed by atoms with Crippen molar-refractivity contribution < 1.29 is 9.53 Å². The molecule has 160 valence electrons. The number of carbonyl (C=O) groups excluding carboxylic acids is 1. The molecule has 4 heteroatoms. The molecule has 0 unspecified atom stereocenters. The molecular formula is C26H32ClNO2. The second-order valence-corrected chi connectivity index (χ2v) is 9.28. The lowest BCUT2D eigenvalue weighted by molar-refractivity contribution is -0.149. The van der Waals surface area contributed by atoms with Crippen LogP contribution in [0.3, 0.4) is 0 Å². The van der Waals surface area contributed by atoms with E-state index in [0.717, 1.165) is 37.8 Å². The number of hydrogen-bond donors (Lipinski definition) is 0. The van der Waals surface area contributed by atoms with Gasteiger partial charge in [0.25, 0.3) is 0 Å². The topological polar surface area (TPSA) is 29.5 Å². The minimum atomic E-state index is -0.136. The van der Waals surface area contributed by atoms with Gasteiger partial charge >= 0.3 is 5.97 Å². The van der Waals surface area contributed by atoms with Crippen molar-refractivity contribution in [2.45, 2.75) is 69.9 Å². The third-order valence-electron chi connectivity index (χ3n) is 6.54. The van der Waals surface area contributed by atoms with Gasteiger partial charge in [0.05, 0.1) is 6.42 Å². The van der Waals surface area contributed by atoms with Crippen LogP contribution in [0.5, 0.6) is 0 Å². The van der Waals surface area contributed by atoms with Crippen molar-refractivity contribution in [3.8, 4) is 0 Å². The number of piperidine rings is 1. The fraction of sp³-hybridized carbons (Fsp3) is 0.500. The summed E-state index contributed by atoms with van der Waals surface area (Å²) in [5.41, 5.74) is 3.80. The van der Waals surface area contributed by atoms with E-state index in [9.17, 15) is 4.79 Å². The van der Waals surface area contributed by atoms with Crippen LogP contribution >= 0.6 is 11.6 Å². The van der Waals surface area contributed by atoms with Crippen LogP contribution in [-0.2, 0) is 22.5 Å². The van der Waals surface area contributed by atoms with Crippen molar-refractivity contribution >= 4 is 17.6 Å². The summed E-state index contributed by atoms with van der Waals surface area (Å²) in [5, 5.41) is 0.685. The van der Waals surface area contributed by atoms with Crippen LogP contribution in [0.15, 0.2) is 48.5 Å². The summed E-state index contributed by atoms with van der Waals surface area (Å²) in [6.45, 7) is 3.56. The van der Waals surface area contributed by atoms with Gasteiger partial charge in [-0.15, -0.1) is 0 Å². The van der Waals surface area contributed by atoms with Gasteiger partial charge < -0.3 is 4.74 Å². The number of rotatable bonds is 6. The molecular weight excluding hydrogens is 394 g/mol. The van der Waals surface area contributed by atoms with E-state index in [0.29, 0.717) is 17.4 Å². The summed E-state index contributed by atoms with van der Waals surface area (Å²) in [4.78, 5) is 14.8. The molecule has 1 aliphatic carbocycles. The highest BCUT2D eigenvalue weighted by Crippen LogP contribution is 2.34. The predicted molar refractivity (Wildman–Crippen MR) is 122 cm³/mol. The second kappa shape index (κ2) is 10.5. The molecule has 1 aliphatic heterocycles. The highest BCUT2D eigenvalue weighted by atomic mass is 35.5. The van der Waals surface area contributed by atoms with E-state index >= 15 is 0 Å². The highest BCUT2D eigenvalue weighted by Gasteiger charge is 2.25. The molecule has 2 aliphatic rings. The zero-order valence-electron chi connectivity index (χ0n) is 17.7. The zero-order valence-corrected chi connectivity index (χ0v) is 18.4. The first-order chi connectivity index (χ1) is 14.7. The van der Waals surface area contributed by atoms with Crippen molar-refractivity contribution in [3.63, 3.8) is 0 Å². The number of halogens is 1. The maximum absolute atomic E-state index is 12.3. The van der Waals surface area contributed by atoms with Crippen molar-refractivity contribution in [3.05, 3.63) is 70.2 Å². The van der Waals surface area contributed by atoms with E-state index in [4.69, 9.17) is 16.3 Å². The van der Waals surface area contributed by atoms with Crippen LogP contribution < -0.4 is 0 Å². The van der Waals surface area contributed by atoms with Crippen LogP contribution in [0.25, 0.3) is 0 Å². The molecule has 1 heterocycles. The third-order valence-corrected chi connectivity index (χ3v) is 6.79. The largest absolute Gasteiger partial charge is 0.462 e. The van der Waals surface area contributed by atoms with E-state index in [-0.39, 0.29) is 12.1 Å². The van der Waals surface area contributed by atoms with Crippen LogP contribution in [0.4, 0.5) is 0 Å². The molecule has 2 aromatic carbocycles. The number of ether oxygens (including phenoxy) is 1. The number of benzene rings is 2. The summed E-state index contributed by atoms with van der Waals surface area (Å²) in [6.07, 6.45) is 8.51. The first kappa shape index (κ1) is 21.4. The maximum Gasteiger partial charge on any atom is 0.310 e. The molecule has 0 N–H and O–H groups in total. The Balaban J connectivity index is 1.22. The SMILES string of the molecule is O=C(Cc1ccc(Cl)cc1)O[C@H]1CC[C@H](c2ccc(CN3CCCCC3)cc2)CC1. The van der Waals surface area contributed by atoms with E-state index in [1.807, 2.05) is 24.3 Å². The lowest BCUT2D eigenvalue weighted by atomic mass is 9.82. The van der Waals surface area contributed by atoms with Gasteiger partial charge in [-0.3, -0.25) is 9.69 Å². The fourth-order valence-corrected chi connectivity index (χ4v) is 4.91. The van der Waals surface area contributed by atoms with Crippen molar-refractivity contribution in [1.82, 2.24) is 4.90 Å². The van der Waals surface area contributed by atoms with E-state index in [2.05, 4.69) is 29.2 Å². The molecule has 0 radical (unpaired) electrons. The van der Waals surface area contributed by atoms with Gasteiger partial charge in [-0.2, -0.15) is 0 Å². The summed E-state index contributed by atoms with van der Waals surface area (Å²) in [7, 11) is 0. The number of likely N-dealkylation sites (tertiary alicyclic amines) is 1. The minimum absolute atomic E-state index is 0.0550. The Hall–Kier alpha value is -1.84. The van der Waals surface area contributed by atoms with E-state index < -0.39 is 0 Å². The smallest absolute Gasteiger partial charge is 0.310 e. The van der Waals surface area contributed by atoms with Gasteiger partial charge in [0.1, 0.15) is 6.10 Å². The van der Waals surface area contributed by atoms with E-state index in [1.54, 1.807) is 0 Å². The second-order valence-electron chi connectivity index (χ2n) is 8.85. The van der Waals surface area contributed by atoms with Crippen LogP contribution in [0.1, 0.15) is 67.6 Å². The molecule has 2 fully saturated rings. The van der Waals surface area contributed by atoms with Crippen molar-refractivity contribution in [2.24, 2.45) is 0 Å². The number of nitrogens with zero attached hydrogens (tertiary/aromatic N) is 1. The molecule has 2 aromatic rings. The van der Waals surface area contributed by atoms with Gasteiger partial charge in [0.15, 0.2) is 0 Å². The molecule has 0 amide bonds. The Bertz CT molecular complexity index is 804. The third kappa shape index (κ3) is 6.09. The first-order valence-electron chi connectivity index (χ1n) is 11.4. The van der Waals surface area contributed by atoms with Gasteiger partial charge in [0.2, 0.25) is 0 Å². The number of hydrogen-bond acceptors (Lipinski definition) is 3. The molecule has 0 bridgehead atoms. The Labute approximate surface area is 185 Å². The van der Waals surface area contributed by atoms with Crippen molar-refractivity contribution in [2.75, 3.05) is 13.1 Å². The molecule has 1 saturated carbocycles. The average Bonchev–Trinajstić information content (AvgIpc) is 2.77. The molecule has 3 nitrogen and oxygen atoms in total. The Morgan fingerprint density at radius 2 is 1.50 bits per heavy atom. The molecule has 1 saturated heterocycles. The normalized spacial score (nSPS) is 22.6. The fourth-order valence-electron chi connectivity index (χ4n) is 4.78. The molecule has 4 rings (SSSR count). The molecule has 30 heavy (non-hydrogen) atoms. The lowest BCUT2D eigenvalue weighted by Crippen LogP contribution is -2.29. The predicted octanol–water partition coefficient (Wildman–Crippen LogP) is 6.14. The Morgan fingerprint density at radius 1 is 0.867 bits per heavy atom. The van der Waals surface area contributed by atoms with Gasteiger partial charge in [0, 0.05) is 11.6 Å². The summed E-state index contributed by atoms with van der Waals surface area (Å²) >= 11 is 5.90. The summed E-state index contributed by atoms with van der Waals surface area (Å²) < 4.78 is 5.74. The van der Waals surface area contributed by atoms with Crippen LogP contribution in [0.2, 0.25) is 5.02 Å². The summed E-state index contributed by atoms with van der Waals surface area (Å²) in [6, 6.07) is 16.6. The number of carbonyl (C=O) groups is 1. The quantitative estimate of drug-likeness (QED) is 0.520. The van der Waals surface area contributed by atoms with Crippen molar-refractivity contribution in [1.29, 1.82) is 0 Å². The lowest BCUT2D eigenvalue weighted by Gasteiger charge is -2.29. The standard InChI is InChI=1S/C26H32ClNO2/c27-24-12-6-20(7-13-24)18-26(29)30-25-14-10-23(11-15-25)22-8-4-21(5-9-22)19-28-16-2-1-3-17-28/h4-9,12-13,23,25H,1-3,10-11,14-19H2/t23-,25-. The molecule has 0 spiro atoms. The highest BCUT2D eigenvalue weighted by molar-refractivity contribution is 6.30. The Kier molecular flexibility index (Phi) is 7.46. The number of esters is 1. The molecule has 0 aromatic heterocycles. The minimum Gasteiger partial charge on any atom is -0.462 e. The van der Waals surface area contributed by atoms with Crippen LogP contribution in [0, 0.1) is 0 Å². The van der Waals surface area contributed by atoms with Crippen LogP contribution in [-0.4, -0.2) is 30.1 Å². The maximum atomic E-state index is 12.3. The zero-order chi connectivity index (χ0) is 20.8. The van der Waals surface area contributed by atoms with E-state index in [1.165, 1.54) is 43.5 Å². The average molecular weight is 426 g/mol. The van der Waals surface area contributed by atoms with Gasteiger partial charge in [-0.25, -0.2) is 0 Å². The molecule has 0 atom stereocenters. The summed E-state index contributed by atoms with van der Waals surface area (Å²) in [5.74, 6) is 0.447. The Morgan fingerprint density at radius 3 is 2.17 bits per heavy atom. The first-order valence-corrected chi connectivity index (χ1v) is 11.8. The van der Waals surface area contributed by atoms with Gasteiger partial charge in [-0.05, 0) is 86.4 Å². The van der Waals surface area contributed by atoms with Gasteiger partial charge in [-0.1, -0.05) is 54.4 Å². The monoisotopic (exact) mass is 425 g/mol.